The lowest BCUT2D eigenvalue weighted by Gasteiger charge is -2.33. The molecule has 1 atom stereocenters. The minimum absolute atomic E-state index is 0.0337. The SMILES string of the molecule is O=C(Cn1ccnc1)N1CCCC[C@H]1c1nc(-c2ccncc2)no1. The van der Waals surface area contributed by atoms with Crippen molar-refractivity contribution < 1.29 is 9.32 Å². The van der Waals surface area contributed by atoms with E-state index in [0.29, 0.717) is 18.3 Å². The van der Waals surface area contributed by atoms with Gasteiger partial charge in [0.2, 0.25) is 17.6 Å². The molecule has 1 saturated heterocycles. The molecule has 0 radical (unpaired) electrons. The van der Waals surface area contributed by atoms with Crippen molar-refractivity contribution in [3.05, 3.63) is 49.1 Å². The lowest BCUT2D eigenvalue weighted by Crippen LogP contribution is -2.40. The molecule has 4 rings (SSSR count). The maximum absolute atomic E-state index is 12.7. The van der Waals surface area contributed by atoms with Crippen LogP contribution in [-0.4, -0.2) is 42.0 Å². The largest absolute Gasteiger partial charge is 0.337 e. The average molecular weight is 338 g/mol. The standard InChI is InChI=1S/C17H18N6O2/c24-15(11-22-10-8-19-12-22)23-9-2-1-3-14(23)17-20-16(21-25-17)13-4-6-18-7-5-13/h4-8,10,12,14H,1-3,9,11H2/t14-/m0/s1. The highest BCUT2D eigenvalue weighted by molar-refractivity contribution is 5.76. The van der Waals surface area contributed by atoms with E-state index in [9.17, 15) is 4.79 Å². The smallest absolute Gasteiger partial charge is 0.249 e. The number of carbonyl (C=O) groups excluding carboxylic acids is 1. The number of pyridine rings is 1. The molecule has 0 aliphatic carbocycles. The Kier molecular flexibility index (Phi) is 4.24. The first-order chi connectivity index (χ1) is 12.3. The van der Waals surface area contributed by atoms with E-state index < -0.39 is 0 Å². The first kappa shape index (κ1) is 15.5. The highest BCUT2D eigenvalue weighted by Crippen LogP contribution is 2.31. The van der Waals surface area contributed by atoms with Crippen LogP contribution in [0.4, 0.5) is 0 Å². The van der Waals surface area contributed by atoms with Crippen molar-refractivity contribution in [2.24, 2.45) is 0 Å². The van der Waals surface area contributed by atoms with Gasteiger partial charge in [-0.2, -0.15) is 4.98 Å². The molecule has 1 aliphatic rings. The molecule has 3 aromatic heterocycles. The molecule has 0 spiro atoms. The molecular formula is C17H18N6O2. The molecular weight excluding hydrogens is 320 g/mol. The van der Waals surface area contributed by atoms with Gasteiger partial charge in [0.25, 0.3) is 0 Å². The first-order valence-electron chi connectivity index (χ1n) is 8.30. The molecule has 8 heteroatoms. The second kappa shape index (κ2) is 6.84. The van der Waals surface area contributed by atoms with Gasteiger partial charge in [-0.15, -0.1) is 0 Å². The molecule has 25 heavy (non-hydrogen) atoms. The van der Waals surface area contributed by atoms with Gasteiger partial charge in [0.1, 0.15) is 12.6 Å². The third kappa shape index (κ3) is 3.28. The van der Waals surface area contributed by atoms with E-state index in [2.05, 4.69) is 20.1 Å². The molecule has 1 amide bonds. The van der Waals surface area contributed by atoms with Crippen LogP contribution in [0.15, 0.2) is 47.8 Å². The van der Waals surface area contributed by atoms with Gasteiger partial charge < -0.3 is 14.0 Å². The Morgan fingerprint density at radius 3 is 2.88 bits per heavy atom. The van der Waals surface area contributed by atoms with Crippen molar-refractivity contribution in [1.29, 1.82) is 0 Å². The van der Waals surface area contributed by atoms with Gasteiger partial charge in [-0.25, -0.2) is 4.98 Å². The summed E-state index contributed by atoms with van der Waals surface area (Å²) < 4.78 is 7.25. The minimum atomic E-state index is -0.173. The van der Waals surface area contributed by atoms with E-state index in [0.717, 1.165) is 24.8 Å². The third-order valence-electron chi connectivity index (χ3n) is 4.37. The number of nitrogens with zero attached hydrogens (tertiary/aromatic N) is 6. The zero-order valence-electron chi connectivity index (χ0n) is 13.7. The molecule has 128 valence electrons. The van der Waals surface area contributed by atoms with Crippen LogP contribution >= 0.6 is 0 Å². The van der Waals surface area contributed by atoms with Crippen molar-refractivity contribution in [3.63, 3.8) is 0 Å². The quantitative estimate of drug-likeness (QED) is 0.723. The number of hydrogen-bond donors (Lipinski definition) is 0. The van der Waals surface area contributed by atoms with Crippen LogP contribution in [0.25, 0.3) is 11.4 Å². The number of imidazole rings is 1. The monoisotopic (exact) mass is 338 g/mol. The van der Waals surface area contributed by atoms with Crippen LogP contribution in [0.3, 0.4) is 0 Å². The lowest BCUT2D eigenvalue weighted by molar-refractivity contribution is -0.136. The summed E-state index contributed by atoms with van der Waals surface area (Å²) in [6.07, 6.45) is 11.3. The van der Waals surface area contributed by atoms with Crippen LogP contribution < -0.4 is 0 Å². The van der Waals surface area contributed by atoms with Gasteiger partial charge in [-0.1, -0.05) is 5.16 Å². The highest BCUT2D eigenvalue weighted by Gasteiger charge is 2.32. The molecule has 8 nitrogen and oxygen atoms in total. The summed E-state index contributed by atoms with van der Waals surface area (Å²) >= 11 is 0. The molecule has 1 aliphatic heterocycles. The second-order valence-corrected chi connectivity index (χ2v) is 6.03. The normalized spacial score (nSPS) is 17.6. The highest BCUT2D eigenvalue weighted by atomic mass is 16.5. The summed E-state index contributed by atoms with van der Waals surface area (Å²) in [5, 5.41) is 4.06. The van der Waals surface area contributed by atoms with Crippen LogP contribution in [0.2, 0.25) is 0 Å². The molecule has 4 heterocycles. The Morgan fingerprint density at radius 2 is 2.08 bits per heavy atom. The predicted octanol–water partition coefficient (Wildman–Crippen LogP) is 2.08. The number of hydrogen-bond acceptors (Lipinski definition) is 6. The average Bonchev–Trinajstić information content (AvgIpc) is 3.34. The van der Waals surface area contributed by atoms with Gasteiger partial charge in [0.15, 0.2) is 0 Å². The van der Waals surface area contributed by atoms with E-state index in [1.165, 1.54) is 0 Å². The van der Waals surface area contributed by atoms with Gasteiger partial charge in [-0.05, 0) is 31.4 Å². The van der Waals surface area contributed by atoms with Gasteiger partial charge >= 0.3 is 0 Å². The number of rotatable bonds is 4. The van der Waals surface area contributed by atoms with Crippen LogP contribution in [0.1, 0.15) is 31.2 Å². The number of carbonyl (C=O) groups is 1. The van der Waals surface area contributed by atoms with Crippen molar-refractivity contribution in [1.82, 2.24) is 29.6 Å². The predicted molar refractivity (Wildman–Crippen MR) is 88.1 cm³/mol. The fraction of sp³-hybridized carbons (Fsp3) is 0.353. The summed E-state index contributed by atoms with van der Waals surface area (Å²) in [7, 11) is 0. The van der Waals surface area contributed by atoms with E-state index >= 15 is 0 Å². The minimum Gasteiger partial charge on any atom is -0.337 e. The number of aromatic nitrogens is 5. The molecule has 0 N–H and O–H groups in total. The number of likely N-dealkylation sites (tertiary alicyclic amines) is 1. The maximum Gasteiger partial charge on any atom is 0.249 e. The molecule has 0 bridgehead atoms. The zero-order chi connectivity index (χ0) is 17.1. The molecule has 1 fully saturated rings. The fourth-order valence-corrected chi connectivity index (χ4v) is 3.10. The Hall–Kier alpha value is -3.03. The van der Waals surface area contributed by atoms with Gasteiger partial charge in [-0.3, -0.25) is 9.78 Å². The van der Waals surface area contributed by atoms with Crippen molar-refractivity contribution in [2.75, 3.05) is 6.54 Å². The Morgan fingerprint density at radius 1 is 1.20 bits per heavy atom. The van der Waals surface area contributed by atoms with Crippen molar-refractivity contribution in [2.45, 2.75) is 31.8 Å². The summed E-state index contributed by atoms with van der Waals surface area (Å²) in [6.45, 7) is 0.965. The Balaban J connectivity index is 1.55. The van der Waals surface area contributed by atoms with E-state index in [4.69, 9.17) is 4.52 Å². The molecule has 0 unspecified atom stereocenters. The molecule has 0 saturated carbocycles. The summed E-state index contributed by atoms with van der Waals surface area (Å²) in [5.74, 6) is 1.04. The summed E-state index contributed by atoms with van der Waals surface area (Å²) in [5.41, 5.74) is 0.845. The van der Waals surface area contributed by atoms with E-state index in [1.807, 2.05) is 17.0 Å². The number of piperidine rings is 1. The Labute approximate surface area is 144 Å². The van der Waals surface area contributed by atoms with Gasteiger partial charge in [0.05, 0.1) is 6.33 Å². The third-order valence-corrected chi connectivity index (χ3v) is 4.37. The van der Waals surface area contributed by atoms with Crippen molar-refractivity contribution in [3.8, 4) is 11.4 Å². The lowest BCUT2D eigenvalue weighted by atomic mass is 10.0. The van der Waals surface area contributed by atoms with Crippen LogP contribution in [-0.2, 0) is 11.3 Å². The maximum atomic E-state index is 12.7. The summed E-state index contributed by atoms with van der Waals surface area (Å²) in [4.78, 5) is 27.0. The summed E-state index contributed by atoms with van der Waals surface area (Å²) in [6, 6.07) is 3.49. The molecule has 3 aromatic rings. The van der Waals surface area contributed by atoms with Crippen molar-refractivity contribution >= 4 is 5.91 Å². The molecule has 0 aromatic carbocycles. The van der Waals surface area contributed by atoms with Crippen LogP contribution in [0, 0.1) is 0 Å². The number of amides is 1. The second-order valence-electron chi connectivity index (χ2n) is 6.03. The van der Waals surface area contributed by atoms with E-state index in [1.54, 1.807) is 35.7 Å². The van der Waals surface area contributed by atoms with E-state index in [-0.39, 0.29) is 18.5 Å². The van der Waals surface area contributed by atoms with Gasteiger partial charge in [0, 0.05) is 36.9 Å². The Bertz CT molecular complexity index is 830. The topological polar surface area (TPSA) is 89.9 Å². The fourth-order valence-electron chi connectivity index (χ4n) is 3.10. The zero-order valence-corrected chi connectivity index (χ0v) is 13.7. The van der Waals surface area contributed by atoms with Crippen LogP contribution in [0.5, 0.6) is 0 Å². The first-order valence-corrected chi connectivity index (χ1v) is 8.30.